The molecule has 11 nitrogen and oxygen atoms in total. The van der Waals surface area contributed by atoms with Crippen LogP contribution in [0.5, 0.6) is 5.75 Å². The molecule has 11 heteroatoms. The van der Waals surface area contributed by atoms with E-state index >= 15 is 0 Å². The van der Waals surface area contributed by atoms with Crippen LogP contribution in [0.1, 0.15) is 48.7 Å². The fraction of sp³-hybridized carbons (Fsp3) is 0.438. The molecule has 0 spiro atoms. The van der Waals surface area contributed by atoms with Gasteiger partial charge < -0.3 is 31.5 Å². The number of allylic oxidation sites excluding steroid dienone is 1. The molecule has 3 aliphatic carbocycles. The molecule has 0 aliphatic heterocycles. The van der Waals surface area contributed by atoms with Gasteiger partial charge in [0.2, 0.25) is 5.78 Å². The van der Waals surface area contributed by atoms with Gasteiger partial charge in [-0.25, -0.2) is 0 Å². The number of hydrogen-bond donors (Lipinski definition) is 6. The Morgan fingerprint density at radius 1 is 1.19 bits per heavy atom. The lowest BCUT2D eigenvalue weighted by Crippen LogP contribution is -2.63. The maximum Gasteiger partial charge on any atom is 0.255 e. The number of likely N-dealkylation sites (N-methyl/N-ethyl adjacent to an activating group) is 1. The van der Waals surface area contributed by atoms with Crippen molar-refractivity contribution in [3.63, 3.8) is 0 Å². The van der Waals surface area contributed by atoms with Crippen LogP contribution in [0.3, 0.4) is 0 Å². The maximum absolute atomic E-state index is 14.3. The third kappa shape index (κ3) is 4.81. The molecule has 4 unspecified atom stereocenters. The van der Waals surface area contributed by atoms with Crippen molar-refractivity contribution in [2.45, 2.75) is 51.8 Å². The number of aromatic nitrogens is 1. The lowest BCUT2D eigenvalue weighted by atomic mass is 9.58. The second-order valence-corrected chi connectivity index (χ2v) is 13.1. The highest BCUT2D eigenvalue weighted by atomic mass is 16.3. The zero-order valence-corrected chi connectivity index (χ0v) is 24.9. The van der Waals surface area contributed by atoms with Gasteiger partial charge in [0.25, 0.3) is 5.91 Å². The van der Waals surface area contributed by atoms with Crippen molar-refractivity contribution in [3.05, 3.63) is 69.8 Å². The number of nitrogens with one attached hydrogen (secondary N) is 1. The molecule has 0 radical (unpaired) electrons. The zero-order valence-electron chi connectivity index (χ0n) is 24.9. The number of rotatable bonds is 6. The number of carbonyl (C=O) groups is 3. The van der Waals surface area contributed by atoms with Gasteiger partial charge in [-0.1, -0.05) is 26.8 Å². The number of benzene rings is 1. The molecule has 43 heavy (non-hydrogen) atoms. The average Bonchev–Trinajstić information content (AvgIpc) is 2.91. The Morgan fingerprint density at radius 3 is 2.47 bits per heavy atom. The lowest BCUT2D eigenvalue weighted by Gasteiger charge is -2.50. The lowest BCUT2D eigenvalue weighted by molar-refractivity contribution is -0.148. The van der Waals surface area contributed by atoms with E-state index in [0.29, 0.717) is 28.9 Å². The van der Waals surface area contributed by atoms with Gasteiger partial charge in [-0.2, -0.15) is 0 Å². The van der Waals surface area contributed by atoms with Crippen molar-refractivity contribution in [2.75, 3.05) is 20.6 Å². The standard InChI is InChI=1S/C32H38N4O7/c1-31(2,3)14-34-13-16-11-17(20-8-6-7-9-35-20)18-10-15-12-19-24(36(4)5)27(39)23(30(33)42)29(41)32(19,43)28(40)21(15)26(38)22(18)25(16)37/h6-9,11,15,19,24,34,37,39-40,43H,10,12-14H2,1-5H3,(H2,33,42). The first-order valence-electron chi connectivity index (χ1n) is 14.2. The van der Waals surface area contributed by atoms with E-state index in [9.17, 15) is 34.8 Å². The highest BCUT2D eigenvalue weighted by molar-refractivity contribution is 6.25. The number of hydrogen-bond acceptors (Lipinski definition) is 10. The number of aliphatic hydroxyl groups is 3. The zero-order chi connectivity index (χ0) is 31.6. The van der Waals surface area contributed by atoms with Crippen molar-refractivity contribution in [1.29, 1.82) is 0 Å². The van der Waals surface area contributed by atoms with Crippen LogP contribution < -0.4 is 11.1 Å². The topological polar surface area (TPSA) is 186 Å². The monoisotopic (exact) mass is 590 g/mol. The molecule has 5 rings (SSSR count). The molecule has 2 aromatic rings. The average molecular weight is 591 g/mol. The van der Waals surface area contributed by atoms with E-state index in [2.05, 4.69) is 31.1 Å². The first-order chi connectivity index (χ1) is 20.1. The second-order valence-electron chi connectivity index (χ2n) is 13.1. The van der Waals surface area contributed by atoms with Gasteiger partial charge in [-0.3, -0.25) is 24.3 Å². The van der Waals surface area contributed by atoms with E-state index in [4.69, 9.17) is 5.73 Å². The van der Waals surface area contributed by atoms with Crippen molar-refractivity contribution in [1.82, 2.24) is 15.2 Å². The van der Waals surface area contributed by atoms with E-state index in [0.717, 1.165) is 0 Å². The number of primary amides is 1. The van der Waals surface area contributed by atoms with Gasteiger partial charge >= 0.3 is 0 Å². The molecule has 0 bridgehead atoms. The summed E-state index contributed by atoms with van der Waals surface area (Å²) in [6, 6.07) is 6.17. The second kappa shape index (κ2) is 10.6. The highest BCUT2D eigenvalue weighted by Crippen LogP contribution is 2.53. The third-order valence-corrected chi connectivity index (χ3v) is 8.71. The first-order valence-corrected chi connectivity index (χ1v) is 14.2. The molecule has 1 aromatic heterocycles. The third-order valence-electron chi connectivity index (χ3n) is 8.71. The van der Waals surface area contributed by atoms with Crippen LogP contribution in [0.2, 0.25) is 0 Å². The fourth-order valence-corrected chi connectivity index (χ4v) is 6.83. The van der Waals surface area contributed by atoms with Gasteiger partial charge in [-0.15, -0.1) is 0 Å². The Kier molecular flexibility index (Phi) is 7.48. The molecule has 1 amide bonds. The molecule has 0 fully saturated rings. The number of aromatic hydroxyl groups is 1. The number of phenolic OH excluding ortho intramolecular Hbond substituents is 1. The summed E-state index contributed by atoms with van der Waals surface area (Å²) in [6.07, 6.45) is 1.84. The molecular weight excluding hydrogens is 552 g/mol. The van der Waals surface area contributed by atoms with Crippen LogP contribution >= 0.6 is 0 Å². The Morgan fingerprint density at radius 2 is 1.88 bits per heavy atom. The Labute approximate surface area is 249 Å². The van der Waals surface area contributed by atoms with Gasteiger partial charge in [0.1, 0.15) is 22.8 Å². The molecular formula is C32H38N4O7. The van der Waals surface area contributed by atoms with E-state index in [-0.39, 0.29) is 41.7 Å². The first kappa shape index (κ1) is 30.4. The smallest absolute Gasteiger partial charge is 0.255 e. The van der Waals surface area contributed by atoms with E-state index in [1.807, 2.05) is 18.2 Å². The number of carbonyl (C=O) groups excluding carboxylic acids is 3. The van der Waals surface area contributed by atoms with E-state index < -0.39 is 58.0 Å². The Hall–Kier alpha value is -4.06. The number of pyridine rings is 1. The Balaban J connectivity index is 1.70. The number of nitrogens with zero attached hydrogens (tertiary/aromatic N) is 2. The summed E-state index contributed by atoms with van der Waals surface area (Å²) < 4.78 is 0. The molecule has 1 heterocycles. The summed E-state index contributed by atoms with van der Waals surface area (Å²) >= 11 is 0. The van der Waals surface area contributed by atoms with E-state index in [1.54, 1.807) is 26.4 Å². The van der Waals surface area contributed by atoms with Crippen molar-refractivity contribution < 1.29 is 34.8 Å². The van der Waals surface area contributed by atoms with Crippen molar-refractivity contribution in [2.24, 2.45) is 23.0 Å². The van der Waals surface area contributed by atoms with E-state index in [1.165, 1.54) is 4.90 Å². The molecule has 0 saturated heterocycles. The van der Waals surface area contributed by atoms with Crippen LogP contribution in [0, 0.1) is 17.3 Å². The number of aliphatic hydroxyl groups excluding tert-OH is 2. The van der Waals surface area contributed by atoms with Gasteiger partial charge in [0.15, 0.2) is 11.4 Å². The summed E-state index contributed by atoms with van der Waals surface area (Å²) in [5.74, 6) is -6.75. The summed E-state index contributed by atoms with van der Waals surface area (Å²) in [4.78, 5) is 46.1. The van der Waals surface area contributed by atoms with Gasteiger partial charge in [0.05, 0.1) is 17.3 Å². The maximum atomic E-state index is 14.3. The predicted molar refractivity (Wildman–Crippen MR) is 158 cm³/mol. The normalized spacial score (nSPS) is 25.5. The van der Waals surface area contributed by atoms with Crippen LogP contribution in [0.25, 0.3) is 11.3 Å². The van der Waals surface area contributed by atoms with Crippen molar-refractivity contribution >= 4 is 17.5 Å². The van der Waals surface area contributed by atoms with Crippen LogP contribution in [-0.2, 0) is 22.6 Å². The SMILES string of the molecule is CN(C)C1C(O)=C(C(N)=O)C(=O)C2(O)C(O)=C3C(=O)c4c(O)c(CNCC(C)(C)C)cc(-c5ccccn5)c4CC3CC12. The molecule has 3 aliphatic rings. The largest absolute Gasteiger partial charge is 0.510 e. The number of nitrogens with two attached hydrogens (primary N) is 1. The van der Waals surface area contributed by atoms with Crippen LogP contribution in [0.4, 0.5) is 0 Å². The number of phenols is 1. The molecule has 0 saturated carbocycles. The number of amides is 1. The summed E-state index contributed by atoms with van der Waals surface area (Å²) in [5, 5.41) is 49.2. The minimum absolute atomic E-state index is 0.0169. The predicted octanol–water partition coefficient (Wildman–Crippen LogP) is 2.32. The summed E-state index contributed by atoms with van der Waals surface area (Å²) in [7, 11) is 3.19. The molecule has 4 atom stereocenters. The van der Waals surface area contributed by atoms with Crippen LogP contribution in [0.15, 0.2) is 53.1 Å². The van der Waals surface area contributed by atoms with Gasteiger partial charge in [0, 0.05) is 41.9 Å². The highest BCUT2D eigenvalue weighted by Gasteiger charge is 2.63. The number of ketones is 2. The minimum Gasteiger partial charge on any atom is -0.510 e. The minimum atomic E-state index is -2.68. The quantitative estimate of drug-likeness (QED) is 0.273. The van der Waals surface area contributed by atoms with Gasteiger partial charge in [-0.05, 0) is 62.0 Å². The Bertz CT molecular complexity index is 1590. The fourth-order valence-electron chi connectivity index (χ4n) is 6.83. The summed E-state index contributed by atoms with van der Waals surface area (Å²) in [6.45, 7) is 7.09. The molecule has 7 N–H and O–H groups in total. The number of fused-ring (bicyclic) bond motifs is 3. The van der Waals surface area contributed by atoms with Crippen LogP contribution in [-0.4, -0.2) is 80.1 Å². The molecule has 228 valence electrons. The molecule has 1 aromatic carbocycles. The number of Topliss-reactive ketones (excluding diaryl/α,β-unsaturated/α-hetero) is 2. The summed E-state index contributed by atoms with van der Waals surface area (Å²) in [5.41, 5.74) is 3.87. The van der Waals surface area contributed by atoms with Crippen molar-refractivity contribution in [3.8, 4) is 17.0 Å².